The summed E-state index contributed by atoms with van der Waals surface area (Å²) in [5.74, 6) is 0.284. The molecule has 0 spiro atoms. The van der Waals surface area contributed by atoms with Gasteiger partial charge in [0.05, 0.1) is 11.2 Å². The maximum atomic E-state index is 12.6. The van der Waals surface area contributed by atoms with Gasteiger partial charge in [0.1, 0.15) is 5.78 Å². The highest BCUT2D eigenvalue weighted by atomic mass is 35.5. The van der Waals surface area contributed by atoms with E-state index in [1.54, 1.807) is 24.3 Å². The van der Waals surface area contributed by atoms with Crippen LogP contribution in [0.4, 0.5) is 5.69 Å². The Morgan fingerprint density at radius 2 is 1.91 bits per heavy atom. The van der Waals surface area contributed by atoms with Crippen molar-refractivity contribution in [2.45, 2.75) is 33.1 Å². The van der Waals surface area contributed by atoms with Crippen LogP contribution in [-0.4, -0.2) is 20.0 Å². The minimum Gasteiger partial charge on any atom is -0.299 e. The van der Waals surface area contributed by atoms with Gasteiger partial charge in [-0.1, -0.05) is 25.4 Å². The number of Topliss-reactive ketones (excluding diaryl/α,β-unsaturated/α-hetero) is 1. The Morgan fingerprint density at radius 3 is 2.41 bits per heavy atom. The number of rotatable bonds is 4. The summed E-state index contributed by atoms with van der Waals surface area (Å²) >= 11 is 5.81. The second-order valence-electron chi connectivity index (χ2n) is 7.03. The quantitative estimate of drug-likeness (QED) is 0.911. The van der Waals surface area contributed by atoms with E-state index in [2.05, 4.69) is 4.72 Å². The molecule has 0 aromatic heterocycles. The van der Waals surface area contributed by atoms with E-state index < -0.39 is 15.4 Å². The molecule has 0 aliphatic heterocycles. The molecule has 1 aromatic carbocycles. The van der Waals surface area contributed by atoms with Crippen molar-refractivity contribution >= 4 is 33.1 Å². The average Bonchev–Trinajstić information content (AvgIpc) is 2.74. The van der Waals surface area contributed by atoms with Crippen molar-refractivity contribution in [1.82, 2.24) is 0 Å². The molecule has 2 aliphatic rings. The average molecular weight is 342 g/mol. The van der Waals surface area contributed by atoms with Crippen LogP contribution in [0, 0.1) is 16.7 Å². The summed E-state index contributed by atoms with van der Waals surface area (Å²) < 4.78 is 27.7. The first kappa shape index (κ1) is 15.8. The van der Waals surface area contributed by atoms with Crippen LogP contribution >= 0.6 is 11.6 Å². The predicted molar refractivity (Wildman–Crippen MR) is 87.4 cm³/mol. The lowest BCUT2D eigenvalue weighted by atomic mass is 9.70. The van der Waals surface area contributed by atoms with Crippen molar-refractivity contribution in [3.63, 3.8) is 0 Å². The molecule has 2 atom stereocenters. The summed E-state index contributed by atoms with van der Waals surface area (Å²) in [4.78, 5) is 12.4. The largest absolute Gasteiger partial charge is 0.299 e. The summed E-state index contributed by atoms with van der Waals surface area (Å²) in [6.45, 7) is 4.07. The van der Waals surface area contributed by atoms with Gasteiger partial charge in [-0.3, -0.25) is 9.52 Å². The fraction of sp³-hybridized carbons (Fsp3) is 0.562. The third-order valence-corrected chi connectivity index (χ3v) is 7.36. The normalized spacial score (nSPS) is 29.8. The predicted octanol–water partition coefficient (Wildman–Crippen LogP) is 3.48. The van der Waals surface area contributed by atoms with Gasteiger partial charge in [0.25, 0.3) is 0 Å². The molecule has 2 bridgehead atoms. The number of sulfonamides is 1. The van der Waals surface area contributed by atoms with E-state index in [-0.39, 0.29) is 17.0 Å². The summed E-state index contributed by atoms with van der Waals surface area (Å²) in [6.07, 6.45) is 2.13. The lowest BCUT2D eigenvalue weighted by molar-refractivity contribution is -0.128. The minimum atomic E-state index is -3.59. The fourth-order valence-electron chi connectivity index (χ4n) is 4.17. The van der Waals surface area contributed by atoms with Crippen LogP contribution in [0.25, 0.3) is 0 Å². The van der Waals surface area contributed by atoms with Crippen molar-refractivity contribution in [2.75, 3.05) is 10.5 Å². The molecule has 2 saturated carbocycles. The van der Waals surface area contributed by atoms with Crippen LogP contribution in [0.5, 0.6) is 0 Å². The molecule has 0 amide bonds. The molecular formula is C16H20ClNO3S. The SMILES string of the molecule is CC1(C)[C@@H]2CC[C@@]1(CS(=O)(=O)Nc1ccc(Cl)cc1)C(=O)C2. The van der Waals surface area contributed by atoms with Crippen LogP contribution in [0.1, 0.15) is 33.1 Å². The maximum Gasteiger partial charge on any atom is 0.233 e. The first-order valence-corrected chi connectivity index (χ1v) is 9.49. The molecule has 6 heteroatoms. The van der Waals surface area contributed by atoms with Gasteiger partial charge < -0.3 is 0 Å². The first-order valence-electron chi connectivity index (χ1n) is 7.46. The second-order valence-corrected chi connectivity index (χ2v) is 9.19. The smallest absolute Gasteiger partial charge is 0.233 e. The minimum absolute atomic E-state index is 0.107. The second kappa shape index (κ2) is 4.96. The zero-order chi connectivity index (χ0) is 16.2. The van der Waals surface area contributed by atoms with Gasteiger partial charge in [-0.05, 0) is 48.4 Å². The lowest BCUT2D eigenvalue weighted by Gasteiger charge is -2.36. The molecule has 120 valence electrons. The van der Waals surface area contributed by atoms with Gasteiger partial charge in [0, 0.05) is 17.1 Å². The Morgan fingerprint density at radius 1 is 1.27 bits per heavy atom. The number of nitrogens with one attached hydrogen (secondary N) is 1. The van der Waals surface area contributed by atoms with E-state index in [0.29, 0.717) is 29.5 Å². The molecule has 22 heavy (non-hydrogen) atoms. The number of benzene rings is 1. The topological polar surface area (TPSA) is 63.2 Å². The molecule has 0 unspecified atom stereocenters. The molecule has 3 rings (SSSR count). The number of carbonyl (C=O) groups is 1. The third kappa shape index (κ3) is 2.35. The fourth-order valence-corrected chi connectivity index (χ4v) is 6.19. The number of fused-ring (bicyclic) bond motifs is 2. The van der Waals surface area contributed by atoms with E-state index in [0.717, 1.165) is 6.42 Å². The van der Waals surface area contributed by atoms with Gasteiger partial charge in [-0.25, -0.2) is 8.42 Å². The van der Waals surface area contributed by atoms with E-state index in [9.17, 15) is 13.2 Å². The first-order chi connectivity index (χ1) is 10.2. The molecule has 0 saturated heterocycles. The summed E-state index contributed by atoms with van der Waals surface area (Å²) in [5, 5.41) is 0.548. The van der Waals surface area contributed by atoms with Gasteiger partial charge in [-0.15, -0.1) is 0 Å². The van der Waals surface area contributed by atoms with Crippen molar-refractivity contribution in [3.8, 4) is 0 Å². The highest BCUT2D eigenvalue weighted by molar-refractivity contribution is 7.92. The zero-order valence-electron chi connectivity index (χ0n) is 12.7. The van der Waals surface area contributed by atoms with Gasteiger partial charge in [-0.2, -0.15) is 0 Å². The molecule has 0 radical (unpaired) electrons. The van der Waals surface area contributed by atoms with Crippen molar-refractivity contribution in [1.29, 1.82) is 0 Å². The number of hydrogen-bond donors (Lipinski definition) is 1. The summed E-state index contributed by atoms with van der Waals surface area (Å²) in [6, 6.07) is 6.51. The Kier molecular flexibility index (Phi) is 3.57. The third-order valence-electron chi connectivity index (χ3n) is 5.69. The molecule has 2 fully saturated rings. The summed E-state index contributed by atoms with van der Waals surface area (Å²) in [5.41, 5.74) is -0.520. The Labute approximate surface area is 136 Å². The van der Waals surface area contributed by atoms with Crippen molar-refractivity contribution in [2.24, 2.45) is 16.7 Å². The molecule has 4 nitrogen and oxygen atoms in total. The van der Waals surface area contributed by atoms with E-state index in [4.69, 9.17) is 11.6 Å². The van der Waals surface area contributed by atoms with E-state index >= 15 is 0 Å². The molecule has 0 heterocycles. The van der Waals surface area contributed by atoms with Crippen LogP contribution in [-0.2, 0) is 14.8 Å². The van der Waals surface area contributed by atoms with Crippen LogP contribution in [0.15, 0.2) is 24.3 Å². The monoisotopic (exact) mass is 341 g/mol. The number of carbonyl (C=O) groups excluding carboxylic acids is 1. The number of hydrogen-bond acceptors (Lipinski definition) is 3. The number of ketones is 1. The van der Waals surface area contributed by atoms with Crippen LogP contribution < -0.4 is 4.72 Å². The van der Waals surface area contributed by atoms with Gasteiger partial charge >= 0.3 is 0 Å². The van der Waals surface area contributed by atoms with Crippen molar-refractivity contribution < 1.29 is 13.2 Å². The summed E-state index contributed by atoms with van der Waals surface area (Å²) in [7, 11) is -3.59. The Balaban J connectivity index is 1.85. The zero-order valence-corrected chi connectivity index (χ0v) is 14.3. The van der Waals surface area contributed by atoms with Crippen LogP contribution in [0.3, 0.4) is 0 Å². The Hall–Kier alpha value is -1.07. The van der Waals surface area contributed by atoms with E-state index in [1.165, 1.54) is 0 Å². The highest BCUT2D eigenvalue weighted by Crippen LogP contribution is 2.64. The standard InChI is InChI=1S/C16H20ClNO3S/c1-15(2)11-7-8-16(15,14(19)9-11)10-22(20,21)18-13-5-3-12(17)4-6-13/h3-6,11,18H,7-10H2,1-2H3/t11-,16-/m1/s1. The lowest BCUT2D eigenvalue weighted by Crippen LogP contribution is -2.43. The molecular weight excluding hydrogens is 322 g/mol. The highest BCUT2D eigenvalue weighted by Gasteiger charge is 2.65. The molecule has 1 N–H and O–H groups in total. The molecule has 1 aromatic rings. The molecule has 2 aliphatic carbocycles. The van der Waals surface area contributed by atoms with Gasteiger partial charge in [0.2, 0.25) is 10.0 Å². The van der Waals surface area contributed by atoms with Crippen molar-refractivity contribution in [3.05, 3.63) is 29.3 Å². The van der Waals surface area contributed by atoms with Gasteiger partial charge in [0.15, 0.2) is 0 Å². The number of halogens is 1. The maximum absolute atomic E-state index is 12.6. The van der Waals surface area contributed by atoms with E-state index in [1.807, 2.05) is 13.8 Å². The van der Waals surface area contributed by atoms with Crippen LogP contribution in [0.2, 0.25) is 5.02 Å². The number of anilines is 1. The Bertz CT molecular complexity index is 711.